The molecule has 2 aliphatic rings. The third-order valence-corrected chi connectivity index (χ3v) is 8.97. The van der Waals surface area contributed by atoms with Crippen molar-refractivity contribution in [3.8, 4) is 0 Å². The molecule has 2 fully saturated rings. The third-order valence-electron chi connectivity index (χ3n) is 8.03. The van der Waals surface area contributed by atoms with Crippen LogP contribution >= 0.6 is 15.9 Å². The Balaban J connectivity index is 1.31. The molecule has 208 valence electrons. The van der Waals surface area contributed by atoms with E-state index in [-0.39, 0.29) is 23.5 Å². The molecule has 2 aliphatic carbocycles. The first-order valence-corrected chi connectivity index (χ1v) is 14.9. The van der Waals surface area contributed by atoms with E-state index in [2.05, 4.69) is 37.3 Å². The number of ether oxygens (including phenoxy) is 1. The molecular weight excluding hydrogens is 558 g/mol. The van der Waals surface area contributed by atoms with Crippen molar-refractivity contribution in [1.82, 2.24) is 19.5 Å². The van der Waals surface area contributed by atoms with Crippen LogP contribution in [0.25, 0.3) is 11.0 Å². The fraction of sp³-hybridized carbons (Fsp3) is 0.567. The summed E-state index contributed by atoms with van der Waals surface area (Å²) in [5, 5.41) is 4.11. The van der Waals surface area contributed by atoms with Gasteiger partial charge in [-0.15, -0.1) is 0 Å². The highest BCUT2D eigenvalue weighted by atomic mass is 79.9. The standard InChI is InChI=1S/C30H38BrN5O3/c1-18-23-17-33-29(35-26(23)36(27(37)25(18)31)22-10-5-6-11-22)34-24-15-14-21(16-32-24)19-8-7-9-20(13-12-19)28(38)39-30(2,3)4/h14-17,19-20,22H,5-13H2,1-4H3,(H,32,33,34,35). The van der Waals surface area contributed by atoms with Gasteiger partial charge in [0, 0.05) is 23.8 Å². The van der Waals surface area contributed by atoms with Crippen molar-refractivity contribution < 1.29 is 9.53 Å². The van der Waals surface area contributed by atoms with Gasteiger partial charge in [0.05, 0.1) is 10.4 Å². The first kappa shape index (κ1) is 27.7. The SMILES string of the molecule is Cc1c(Br)c(=O)n(C2CCCC2)c2nc(Nc3ccc(C4CCCC(C(=O)OC(C)(C)C)CC4)cn3)ncc12. The Morgan fingerprint density at radius 1 is 1.03 bits per heavy atom. The topological polar surface area (TPSA) is 99.0 Å². The number of anilines is 2. The Labute approximate surface area is 238 Å². The second-order valence-corrected chi connectivity index (χ2v) is 12.8. The van der Waals surface area contributed by atoms with E-state index in [0.717, 1.165) is 68.7 Å². The molecule has 1 N–H and O–H groups in total. The number of aryl methyl sites for hydroxylation is 1. The Morgan fingerprint density at radius 3 is 2.49 bits per heavy atom. The second-order valence-electron chi connectivity index (χ2n) is 12.0. The van der Waals surface area contributed by atoms with Crippen molar-refractivity contribution >= 4 is 44.7 Å². The van der Waals surface area contributed by atoms with Crippen LogP contribution in [0.4, 0.5) is 11.8 Å². The summed E-state index contributed by atoms with van der Waals surface area (Å²) in [4.78, 5) is 39.7. The van der Waals surface area contributed by atoms with Crippen LogP contribution in [-0.4, -0.2) is 31.1 Å². The zero-order valence-electron chi connectivity index (χ0n) is 23.3. The van der Waals surface area contributed by atoms with Crippen LogP contribution in [0.5, 0.6) is 0 Å². The van der Waals surface area contributed by atoms with E-state index in [1.54, 1.807) is 6.20 Å². The maximum atomic E-state index is 13.2. The van der Waals surface area contributed by atoms with Crippen LogP contribution in [0.3, 0.4) is 0 Å². The van der Waals surface area contributed by atoms with E-state index >= 15 is 0 Å². The Morgan fingerprint density at radius 2 is 1.79 bits per heavy atom. The van der Waals surface area contributed by atoms with Crippen molar-refractivity contribution in [3.63, 3.8) is 0 Å². The lowest BCUT2D eigenvalue weighted by Gasteiger charge is -2.23. The van der Waals surface area contributed by atoms with E-state index < -0.39 is 5.60 Å². The van der Waals surface area contributed by atoms with Crippen molar-refractivity contribution in [1.29, 1.82) is 0 Å². The Kier molecular flexibility index (Phi) is 8.08. The molecule has 39 heavy (non-hydrogen) atoms. The second kappa shape index (κ2) is 11.4. The molecule has 2 saturated carbocycles. The van der Waals surface area contributed by atoms with Crippen molar-refractivity contribution in [3.05, 3.63) is 50.5 Å². The molecule has 0 aliphatic heterocycles. The third kappa shape index (κ3) is 6.18. The van der Waals surface area contributed by atoms with Gasteiger partial charge in [-0.25, -0.2) is 9.97 Å². The van der Waals surface area contributed by atoms with Crippen molar-refractivity contribution in [2.75, 3.05) is 5.32 Å². The van der Waals surface area contributed by atoms with Gasteiger partial charge in [0.1, 0.15) is 17.1 Å². The highest BCUT2D eigenvalue weighted by molar-refractivity contribution is 9.10. The average Bonchev–Trinajstić information content (AvgIpc) is 3.30. The van der Waals surface area contributed by atoms with Crippen molar-refractivity contribution in [2.24, 2.45) is 5.92 Å². The normalized spacial score (nSPS) is 20.6. The first-order chi connectivity index (χ1) is 18.6. The van der Waals surface area contributed by atoms with E-state index in [4.69, 9.17) is 9.72 Å². The number of carbonyl (C=O) groups is 1. The fourth-order valence-corrected chi connectivity index (χ4v) is 6.36. The molecule has 5 rings (SSSR count). The lowest BCUT2D eigenvalue weighted by molar-refractivity contribution is -0.160. The molecule has 3 heterocycles. The number of hydrogen-bond acceptors (Lipinski definition) is 7. The predicted octanol–water partition coefficient (Wildman–Crippen LogP) is 7.12. The van der Waals surface area contributed by atoms with Gasteiger partial charge >= 0.3 is 5.97 Å². The maximum absolute atomic E-state index is 13.2. The molecular formula is C30H38BrN5O3. The molecule has 2 unspecified atom stereocenters. The summed E-state index contributed by atoms with van der Waals surface area (Å²) in [6.07, 6.45) is 12.6. The zero-order valence-corrected chi connectivity index (χ0v) is 24.9. The molecule has 8 nitrogen and oxygen atoms in total. The maximum Gasteiger partial charge on any atom is 0.309 e. The molecule has 0 aromatic carbocycles. The van der Waals surface area contributed by atoms with Crippen LogP contribution in [0, 0.1) is 12.8 Å². The molecule has 9 heteroatoms. The first-order valence-electron chi connectivity index (χ1n) is 14.1. The number of hydrogen-bond donors (Lipinski definition) is 1. The predicted molar refractivity (Wildman–Crippen MR) is 156 cm³/mol. The molecule has 0 amide bonds. The number of carbonyl (C=O) groups excluding carboxylic acids is 1. The molecule has 0 saturated heterocycles. The van der Waals surface area contributed by atoms with E-state index in [1.165, 1.54) is 5.56 Å². The van der Waals surface area contributed by atoms with Gasteiger partial charge in [0.25, 0.3) is 5.56 Å². The largest absolute Gasteiger partial charge is 0.460 e. The number of nitrogens with zero attached hydrogens (tertiary/aromatic N) is 4. The van der Waals surface area contributed by atoms with E-state index in [0.29, 0.717) is 27.8 Å². The summed E-state index contributed by atoms with van der Waals surface area (Å²) in [6, 6.07) is 4.21. The number of esters is 1. The quantitative estimate of drug-likeness (QED) is 0.247. The van der Waals surface area contributed by atoms with Crippen LogP contribution in [-0.2, 0) is 9.53 Å². The van der Waals surface area contributed by atoms with Crippen LogP contribution in [0.2, 0.25) is 0 Å². The smallest absolute Gasteiger partial charge is 0.309 e. The number of fused-ring (bicyclic) bond motifs is 1. The molecule has 3 aromatic heterocycles. The molecule has 0 radical (unpaired) electrons. The number of pyridine rings is 2. The van der Waals surface area contributed by atoms with Crippen molar-refractivity contribution in [2.45, 2.75) is 103 Å². The molecule has 0 bridgehead atoms. The van der Waals surface area contributed by atoms with Crippen LogP contribution < -0.4 is 10.9 Å². The summed E-state index contributed by atoms with van der Waals surface area (Å²) in [6.45, 7) is 7.68. The Bertz CT molecular complexity index is 1410. The number of aromatic nitrogens is 4. The van der Waals surface area contributed by atoms with Gasteiger partial charge < -0.3 is 10.1 Å². The van der Waals surface area contributed by atoms with Gasteiger partial charge in [-0.3, -0.25) is 14.2 Å². The summed E-state index contributed by atoms with van der Waals surface area (Å²) >= 11 is 3.50. The van der Waals surface area contributed by atoms with E-state index in [9.17, 15) is 9.59 Å². The fourth-order valence-electron chi connectivity index (χ4n) is 5.95. The summed E-state index contributed by atoms with van der Waals surface area (Å²) < 4.78 is 8.06. The summed E-state index contributed by atoms with van der Waals surface area (Å²) in [7, 11) is 0. The molecule has 3 aromatic rings. The molecule has 2 atom stereocenters. The van der Waals surface area contributed by atoms with Gasteiger partial charge in [0.15, 0.2) is 0 Å². The minimum absolute atomic E-state index is 0.0286. The van der Waals surface area contributed by atoms with Gasteiger partial charge in [0.2, 0.25) is 5.95 Å². The summed E-state index contributed by atoms with van der Waals surface area (Å²) in [5.74, 6) is 1.35. The van der Waals surface area contributed by atoms with Gasteiger partial charge in [-0.1, -0.05) is 25.3 Å². The monoisotopic (exact) mass is 595 g/mol. The average molecular weight is 597 g/mol. The summed E-state index contributed by atoms with van der Waals surface area (Å²) in [5.41, 5.74) is 2.22. The Hall–Kier alpha value is -2.81. The van der Waals surface area contributed by atoms with Crippen LogP contribution in [0.15, 0.2) is 33.8 Å². The minimum atomic E-state index is -0.450. The zero-order chi connectivity index (χ0) is 27.7. The number of rotatable bonds is 5. The highest BCUT2D eigenvalue weighted by Gasteiger charge is 2.29. The van der Waals surface area contributed by atoms with Gasteiger partial charge in [-0.2, -0.15) is 4.98 Å². The lowest BCUT2D eigenvalue weighted by Crippen LogP contribution is -2.28. The minimum Gasteiger partial charge on any atom is -0.460 e. The number of halogens is 1. The highest BCUT2D eigenvalue weighted by Crippen LogP contribution is 2.36. The van der Waals surface area contributed by atoms with Gasteiger partial charge in [-0.05, 0) is 105 Å². The number of nitrogens with one attached hydrogen (secondary N) is 1. The lowest BCUT2D eigenvalue weighted by atomic mass is 9.92. The van der Waals surface area contributed by atoms with Crippen LogP contribution in [0.1, 0.15) is 102 Å². The molecule has 0 spiro atoms. The van der Waals surface area contributed by atoms with E-state index in [1.807, 2.05) is 44.5 Å².